The Morgan fingerprint density at radius 1 is 1.25 bits per heavy atom. The molecule has 8 heteroatoms. The van der Waals surface area contributed by atoms with Gasteiger partial charge >= 0.3 is 12.0 Å². The third kappa shape index (κ3) is 4.80. The number of rotatable bonds is 6. The average Bonchev–Trinajstić information content (AvgIpc) is 2.93. The van der Waals surface area contributed by atoms with E-state index < -0.39 is 18.0 Å². The van der Waals surface area contributed by atoms with Crippen molar-refractivity contribution in [3.05, 3.63) is 30.2 Å². The minimum Gasteiger partial charge on any atom is -0.480 e. The van der Waals surface area contributed by atoms with Crippen LogP contribution >= 0.6 is 0 Å². The number of aliphatic carboxylic acids is 1. The van der Waals surface area contributed by atoms with Gasteiger partial charge in [0.05, 0.1) is 0 Å². The topological polar surface area (TPSA) is 117 Å². The van der Waals surface area contributed by atoms with Crippen LogP contribution in [0.4, 0.5) is 10.5 Å². The number of amides is 2. The maximum atomic E-state index is 11.9. The Kier molecular flexibility index (Phi) is 5.51. The molecule has 0 aliphatic carbocycles. The minimum atomic E-state index is -1.05. The van der Waals surface area contributed by atoms with E-state index in [4.69, 9.17) is 9.63 Å². The van der Waals surface area contributed by atoms with Crippen LogP contribution in [0.25, 0.3) is 11.4 Å². The second-order valence-corrected chi connectivity index (χ2v) is 5.83. The van der Waals surface area contributed by atoms with Gasteiger partial charge in [0, 0.05) is 18.2 Å². The van der Waals surface area contributed by atoms with Crippen LogP contribution in [0.5, 0.6) is 0 Å². The number of aryl methyl sites for hydroxylation is 1. The molecule has 1 aromatic heterocycles. The van der Waals surface area contributed by atoms with Crippen molar-refractivity contribution in [2.45, 2.75) is 33.2 Å². The zero-order valence-electron chi connectivity index (χ0n) is 13.7. The smallest absolute Gasteiger partial charge is 0.326 e. The summed E-state index contributed by atoms with van der Waals surface area (Å²) < 4.78 is 4.92. The van der Waals surface area contributed by atoms with Gasteiger partial charge in [-0.2, -0.15) is 4.98 Å². The molecule has 1 aromatic carbocycles. The van der Waals surface area contributed by atoms with E-state index in [-0.39, 0.29) is 5.92 Å². The molecule has 24 heavy (non-hydrogen) atoms. The summed E-state index contributed by atoms with van der Waals surface area (Å²) in [5.41, 5.74) is 1.28. The Morgan fingerprint density at radius 2 is 1.92 bits per heavy atom. The number of carbonyl (C=O) groups excluding carboxylic acids is 1. The van der Waals surface area contributed by atoms with E-state index in [1.165, 1.54) is 0 Å². The largest absolute Gasteiger partial charge is 0.480 e. The molecule has 0 radical (unpaired) electrons. The fraction of sp³-hybridized carbons (Fsp3) is 0.375. The lowest BCUT2D eigenvalue weighted by Gasteiger charge is -2.17. The first-order valence-corrected chi connectivity index (χ1v) is 7.56. The number of carbonyl (C=O) groups is 2. The van der Waals surface area contributed by atoms with E-state index in [0.29, 0.717) is 23.8 Å². The fourth-order valence-electron chi connectivity index (χ4n) is 2.14. The number of hydrogen-bond acceptors (Lipinski definition) is 5. The Morgan fingerprint density at radius 3 is 2.42 bits per heavy atom. The van der Waals surface area contributed by atoms with Crippen molar-refractivity contribution in [2.24, 2.45) is 5.92 Å². The quantitative estimate of drug-likeness (QED) is 0.748. The highest BCUT2D eigenvalue weighted by Crippen LogP contribution is 2.18. The summed E-state index contributed by atoms with van der Waals surface area (Å²) in [7, 11) is 0. The van der Waals surface area contributed by atoms with Crippen LogP contribution in [0, 0.1) is 12.8 Å². The van der Waals surface area contributed by atoms with E-state index in [9.17, 15) is 9.59 Å². The molecular formula is C16H20N4O4. The third-order valence-corrected chi connectivity index (χ3v) is 3.24. The van der Waals surface area contributed by atoms with Crippen LogP contribution in [-0.2, 0) is 4.79 Å². The Labute approximate surface area is 139 Å². The lowest BCUT2D eigenvalue weighted by atomic mass is 10.0. The number of urea groups is 1. The standard InChI is InChI=1S/C16H20N4O4/c1-9(2)8-13(15(21)22)19-16(23)18-12-6-4-11(5-7-12)14-17-10(3)24-20-14/h4-7,9,13H,8H2,1-3H3,(H,21,22)(H2,18,19,23)/t13-/m0/s1. The summed E-state index contributed by atoms with van der Waals surface area (Å²) >= 11 is 0. The lowest BCUT2D eigenvalue weighted by Crippen LogP contribution is -2.43. The number of hydrogen-bond donors (Lipinski definition) is 3. The predicted octanol–water partition coefficient (Wildman–Crippen LogP) is 2.67. The summed E-state index contributed by atoms with van der Waals surface area (Å²) in [6, 6.07) is 5.35. The van der Waals surface area contributed by atoms with Gasteiger partial charge in [0.25, 0.3) is 0 Å². The Hall–Kier alpha value is -2.90. The summed E-state index contributed by atoms with van der Waals surface area (Å²) in [6.45, 7) is 5.49. The zero-order valence-corrected chi connectivity index (χ0v) is 13.7. The van der Waals surface area contributed by atoms with Gasteiger partial charge in [0.15, 0.2) is 0 Å². The predicted molar refractivity (Wildman–Crippen MR) is 87.5 cm³/mol. The van der Waals surface area contributed by atoms with Crippen LogP contribution in [0.1, 0.15) is 26.2 Å². The molecule has 2 rings (SSSR count). The van der Waals surface area contributed by atoms with E-state index in [1.807, 2.05) is 13.8 Å². The highest BCUT2D eigenvalue weighted by Gasteiger charge is 2.21. The van der Waals surface area contributed by atoms with Crippen LogP contribution < -0.4 is 10.6 Å². The molecule has 0 aliphatic heterocycles. The Balaban J connectivity index is 1.97. The minimum absolute atomic E-state index is 0.157. The van der Waals surface area contributed by atoms with Gasteiger partial charge in [0.1, 0.15) is 6.04 Å². The maximum absolute atomic E-state index is 11.9. The first-order chi connectivity index (χ1) is 11.3. The number of nitrogens with one attached hydrogen (secondary N) is 2. The second-order valence-electron chi connectivity index (χ2n) is 5.83. The number of benzene rings is 1. The van der Waals surface area contributed by atoms with Gasteiger partial charge in [-0.15, -0.1) is 0 Å². The molecule has 3 N–H and O–H groups in total. The molecule has 0 saturated heterocycles. The van der Waals surface area contributed by atoms with Crippen LogP contribution in [0.3, 0.4) is 0 Å². The molecule has 0 spiro atoms. The van der Waals surface area contributed by atoms with Gasteiger partial charge in [-0.25, -0.2) is 9.59 Å². The van der Waals surface area contributed by atoms with Crippen molar-refractivity contribution in [2.75, 3.05) is 5.32 Å². The molecule has 0 saturated carbocycles. The zero-order chi connectivity index (χ0) is 17.7. The molecule has 1 heterocycles. The monoisotopic (exact) mass is 332 g/mol. The number of carboxylic acid groups (broad SMARTS) is 1. The molecule has 0 aliphatic rings. The van der Waals surface area contributed by atoms with Crippen LogP contribution in [-0.4, -0.2) is 33.3 Å². The highest BCUT2D eigenvalue weighted by atomic mass is 16.5. The van der Waals surface area contributed by atoms with Crippen molar-refractivity contribution in [3.63, 3.8) is 0 Å². The van der Waals surface area contributed by atoms with Gasteiger partial charge in [-0.3, -0.25) is 0 Å². The number of aromatic nitrogens is 2. The summed E-state index contributed by atoms with van der Waals surface area (Å²) in [4.78, 5) is 27.2. The van der Waals surface area contributed by atoms with E-state index in [1.54, 1.807) is 31.2 Å². The van der Waals surface area contributed by atoms with Crippen molar-refractivity contribution >= 4 is 17.7 Å². The molecule has 0 fully saturated rings. The molecule has 128 valence electrons. The first kappa shape index (κ1) is 17.5. The van der Waals surface area contributed by atoms with Crippen molar-refractivity contribution in [1.82, 2.24) is 15.5 Å². The van der Waals surface area contributed by atoms with Crippen molar-refractivity contribution in [3.8, 4) is 11.4 Å². The summed E-state index contributed by atoms with van der Waals surface area (Å²) in [5.74, 6) is 0.0357. The molecular weight excluding hydrogens is 312 g/mol. The molecule has 2 aromatic rings. The van der Waals surface area contributed by atoms with E-state index in [0.717, 1.165) is 5.56 Å². The summed E-state index contributed by atoms with van der Waals surface area (Å²) in [6.07, 6.45) is 0.360. The van der Waals surface area contributed by atoms with Gasteiger partial charge < -0.3 is 20.3 Å². The normalized spacial score (nSPS) is 12.0. The second kappa shape index (κ2) is 7.58. The highest BCUT2D eigenvalue weighted by molar-refractivity contribution is 5.92. The lowest BCUT2D eigenvalue weighted by molar-refractivity contribution is -0.139. The molecule has 1 atom stereocenters. The van der Waals surface area contributed by atoms with Crippen LogP contribution in [0.2, 0.25) is 0 Å². The summed E-state index contributed by atoms with van der Waals surface area (Å²) in [5, 5.41) is 18.0. The van der Waals surface area contributed by atoms with Crippen LogP contribution in [0.15, 0.2) is 28.8 Å². The van der Waals surface area contributed by atoms with Crippen molar-refractivity contribution < 1.29 is 19.2 Å². The number of carboxylic acids is 1. The number of anilines is 1. The van der Waals surface area contributed by atoms with Gasteiger partial charge in [0.2, 0.25) is 11.7 Å². The maximum Gasteiger partial charge on any atom is 0.326 e. The first-order valence-electron chi connectivity index (χ1n) is 7.56. The average molecular weight is 332 g/mol. The van der Waals surface area contributed by atoms with E-state index >= 15 is 0 Å². The molecule has 0 unspecified atom stereocenters. The van der Waals surface area contributed by atoms with Gasteiger partial charge in [-0.1, -0.05) is 19.0 Å². The molecule has 0 bridgehead atoms. The SMILES string of the molecule is Cc1nc(-c2ccc(NC(=O)N[C@@H](CC(C)C)C(=O)O)cc2)no1. The number of nitrogens with zero attached hydrogens (tertiary/aromatic N) is 2. The fourth-order valence-corrected chi connectivity index (χ4v) is 2.14. The molecule has 2 amide bonds. The Bertz CT molecular complexity index is 709. The molecule has 8 nitrogen and oxygen atoms in total. The van der Waals surface area contributed by atoms with E-state index in [2.05, 4.69) is 20.8 Å². The third-order valence-electron chi connectivity index (χ3n) is 3.24. The van der Waals surface area contributed by atoms with Crippen molar-refractivity contribution in [1.29, 1.82) is 0 Å². The van der Waals surface area contributed by atoms with Gasteiger partial charge in [-0.05, 0) is 36.6 Å².